The minimum atomic E-state index is -0.236. The molecule has 3 nitrogen and oxygen atoms in total. The van der Waals surface area contributed by atoms with E-state index in [0.29, 0.717) is 24.0 Å². The Labute approximate surface area is 97.4 Å². The zero-order valence-corrected chi connectivity index (χ0v) is 10.3. The van der Waals surface area contributed by atoms with Crippen molar-refractivity contribution in [2.75, 3.05) is 13.2 Å². The van der Waals surface area contributed by atoms with Crippen LogP contribution in [0.2, 0.25) is 0 Å². The fourth-order valence-corrected chi connectivity index (χ4v) is 2.90. The van der Waals surface area contributed by atoms with Gasteiger partial charge in [0.05, 0.1) is 25.4 Å². The highest BCUT2D eigenvalue weighted by molar-refractivity contribution is 4.89. The SMILES string of the molecule is C[C@H]1CC[C@]2(CC[C@H](C)[C@H]3CO3)OC[C@@H]1O2. The van der Waals surface area contributed by atoms with Crippen molar-refractivity contribution in [2.45, 2.75) is 57.5 Å². The summed E-state index contributed by atoms with van der Waals surface area (Å²) in [6.45, 7) is 6.29. The van der Waals surface area contributed by atoms with Crippen molar-refractivity contribution in [2.24, 2.45) is 11.8 Å². The molecule has 0 aromatic rings. The molecule has 3 heterocycles. The van der Waals surface area contributed by atoms with Gasteiger partial charge in [0.25, 0.3) is 0 Å². The molecule has 3 fully saturated rings. The van der Waals surface area contributed by atoms with Crippen molar-refractivity contribution >= 4 is 0 Å². The lowest BCUT2D eigenvalue weighted by Gasteiger charge is -2.35. The maximum absolute atomic E-state index is 6.08. The van der Waals surface area contributed by atoms with Crippen molar-refractivity contribution in [3.05, 3.63) is 0 Å². The van der Waals surface area contributed by atoms with Crippen LogP contribution in [-0.4, -0.2) is 31.2 Å². The quantitative estimate of drug-likeness (QED) is 0.689. The van der Waals surface area contributed by atoms with Gasteiger partial charge in [-0.25, -0.2) is 0 Å². The molecule has 16 heavy (non-hydrogen) atoms. The Morgan fingerprint density at radius 2 is 2.19 bits per heavy atom. The summed E-state index contributed by atoms with van der Waals surface area (Å²) in [5.74, 6) is 1.08. The fraction of sp³-hybridized carbons (Fsp3) is 1.00. The van der Waals surface area contributed by atoms with E-state index in [4.69, 9.17) is 14.2 Å². The normalized spacial score (nSPS) is 48.0. The maximum Gasteiger partial charge on any atom is 0.168 e. The number of fused-ring (bicyclic) bond motifs is 2. The molecule has 92 valence electrons. The molecule has 0 aromatic carbocycles. The van der Waals surface area contributed by atoms with E-state index < -0.39 is 0 Å². The average Bonchev–Trinajstić information content (AvgIpc) is 3.06. The molecule has 3 aliphatic heterocycles. The van der Waals surface area contributed by atoms with E-state index in [1.54, 1.807) is 0 Å². The van der Waals surface area contributed by atoms with E-state index in [1.165, 1.54) is 6.42 Å². The summed E-state index contributed by atoms with van der Waals surface area (Å²) in [6.07, 6.45) is 5.38. The van der Waals surface area contributed by atoms with E-state index in [9.17, 15) is 0 Å². The first kappa shape index (κ1) is 11.0. The standard InChI is InChI=1S/C13H22O3/c1-9(11-7-14-11)3-5-13-6-4-10(2)12(16-13)8-15-13/h9-12H,3-8H2,1-2H3/t9-,10-,11+,12-,13+/m0/s1. The number of hydrogen-bond acceptors (Lipinski definition) is 3. The van der Waals surface area contributed by atoms with Crippen LogP contribution >= 0.6 is 0 Å². The maximum atomic E-state index is 6.08. The molecule has 3 saturated heterocycles. The predicted octanol–water partition coefficient (Wildman–Crippen LogP) is 2.34. The smallest absolute Gasteiger partial charge is 0.168 e. The highest BCUT2D eigenvalue weighted by Gasteiger charge is 2.47. The largest absolute Gasteiger partial charge is 0.373 e. The summed E-state index contributed by atoms with van der Waals surface area (Å²) < 4.78 is 17.3. The van der Waals surface area contributed by atoms with Crippen molar-refractivity contribution in [3.63, 3.8) is 0 Å². The van der Waals surface area contributed by atoms with Crippen LogP contribution in [0.1, 0.15) is 39.5 Å². The zero-order valence-electron chi connectivity index (χ0n) is 10.3. The Bertz CT molecular complexity index is 264. The van der Waals surface area contributed by atoms with E-state index >= 15 is 0 Å². The monoisotopic (exact) mass is 226 g/mol. The summed E-state index contributed by atoms with van der Waals surface area (Å²) in [7, 11) is 0. The van der Waals surface area contributed by atoms with Crippen LogP contribution < -0.4 is 0 Å². The average molecular weight is 226 g/mol. The lowest BCUT2D eigenvalue weighted by Crippen LogP contribution is -2.37. The van der Waals surface area contributed by atoms with E-state index in [1.807, 2.05) is 0 Å². The third kappa shape index (κ3) is 2.01. The first-order valence-corrected chi connectivity index (χ1v) is 6.62. The molecule has 0 amide bonds. The Balaban J connectivity index is 1.54. The first-order valence-electron chi connectivity index (χ1n) is 6.62. The molecular weight excluding hydrogens is 204 g/mol. The van der Waals surface area contributed by atoms with Gasteiger partial charge in [0.15, 0.2) is 5.79 Å². The number of hydrogen-bond donors (Lipinski definition) is 0. The lowest BCUT2D eigenvalue weighted by molar-refractivity contribution is -0.203. The van der Waals surface area contributed by atoms with E-state index in [-0.39, 0.29) is 5.79 Å². The third-order valence-corrected chi connectivity index (χ3v) is 4.47. The van der Waals surface area contributed by atoms with Gasteiger partial charge in [0, 0.05) is 12.8 Å². The molecule has 5 atom stereocenters. The number of ether oxygens (including phenoxy) is 3. The topological polar surface area (TPSA) is 31.0 Å². The van der Waals surface area contributed by atoms with Gasteiger partial charge in [-0.3, -0.25) is 0 Å². The van der Waals surface area contributed by atoms with E-state index in [0.717, 1.165) is 32.5 Å². The van der Waals surface area contributed by atoms with Crippen LogP contribution in [0.5, 0.6) is 0 Å². The van der Waals surface area contributed by atoms with Crippen LogP contribution in [-0.2, 0) is 14.2 Å². The van der Waals surface area contributed by atoms with Gasteiger partial charge in [0.1, 0.15) is 0 Å². The van der Waals surface area contributed by atoms with Crippen molar-refractivity contribution in [3.8, 4) is 0 Å². The fourth-order valence-electron chi connectivity index (χ4n) is 2.90. The van der Waals surface area contributed by atoms with Gasteiger partial charge in [-0.15, -0.1) is 0 Å². The van der Waals surface area contributed by atoms with Gasteiger partial charge in [-0.1, -0.05) is 13.8 Å². The molecule has 0 aromatic heterocycles. The molecule has 0 spiro atoms. The molecule has 0 N–H and O–H groups in total. The number of rotatable bonds is 4. The number of epoxide rings is 1. The Morgan fingerprint density at radius 3 is 2.94 bits per heavy atom. The second-order valence-electron chi connectivity index (χ2n) is 5.78. The van der Waals surface area contributed by atoms with Crippen molar-refractivity contribution in [1.82, 2.24) is 0 Å². The van der Waals surface area contributed by atoms with Gasteiger partial charge >= 0.3 is 0 Å². The zero-order chi connectivity index (χ0) is 11.2. The molecular formula is C13H22O3. The summed E-state index contributed by atoms with van der Waals surface area (Å²) in [5, 5.41) is 0. The van der Waals surface area contributed by atoms with Crippen LogP contribution in [0.25, 0.3) is 0 Å². The Kier molecular flexibility index (Phi) is 2.73. The van der Waals surface area contributed by atoms with E-state index in [2.05, 4.69) is 13.8 Å². The van der Waals surface area contributed by atoms with Gasteiger partial charge in [-0.05, 0) is 24.7 Å². The molecule has 0 radical (unpaired) electrons. The first-order chi connectivity index (χ1) is 7.69. The highest BCUT2D eigenvalue weighted by Crippen LogP contribution is 2.43. The molecule has 0 aliphatic carbocycles. The van der Waals surface area contributed by atoms with Crippen molar-refractivity contribution in [1.29, 1.82) is 0 Å². The second kappa shape index (κ2) is 3.97. The van der Waals surface area contributed by atoms with Crippen LogP contribution in [0.15, 0.2) is 0 Å². The molecule has 3 heteroatoms. The van der Waals surface area contributed by atoms with Crippen LogP contribution in [0.4, 0.5) is 0 Å². The molecule has 2 bridgehead atoms. The molecule has 3 rings (SSSR count). The minimum absolute atomic E-state index is 0.236. The second-order valence-corrected chi connectivity index (χ2v) is 5.78. The van der Waals surface area contributed by atoms with Gasteiger partial charge in [0.2, 0.25) is 0 Å². The summed E-state index contributed by atoms with van der Waals surface area (Å²) >= 11 is 0. The summed E-state index contributed by atoms with van der Waals surface area (Å²) in [6, 6.07) is 0. The van der Waals surface area contributed by atoms with Gasteiger partial charge < -0.3 is 14.2 Å². The molecule has 0 unspecified atom stereocenters. The summed E-state index contributed by atoms with van der Waals surface area (Å²) in [5.41, 5.74) is 0. The lowest BCUT2D eigenvalue weighted by atomic mass is 9.90. The molecule has 3 aliphatic rings. The summed E-state index contributed by atoms with van der Waals surface area (Å²) in [4.78, 5) is 0. The highest BCUT2D eigenvalue weighted by atomic mass is 16.7. The molecule has 0 saturated carbocycles. The van der Waals surface area contributed by atoms with Crippen molar-refractivity contribution < 1.29 is 14.2 Å². The predicted molar refractivity (Wildman–Crippen MR) is 60.1 cm³/mol. The van der Waals surface area contributed by atoms with Crippen LogP contribution in [0.3, 0.4) is 0 Å². The Morgan fingerprint density at radius 1 is 1.38 bits per heavy atom. The minimum Gasteiger partial charge on any atom is -0.373 e. The van der Waals surface area contributed by atoms with Crippen LogP contribution in [0, 0.1) is 11.8 Å². The third-order valence-electron chi connectivity index (χ3n) is 4.47. The van der Waals surface area contributed by atoms with Gasteiger partial charge in [-0.2, -0.15) is 0 Å². The Hall–Kier alpha value is -0.120.